The first-order valence-electron chi connectivity index (χ1n) is 34.4. The summed E-state index contributed by atoms with van der Waals surface area (Å²) in [5.74, 6) is -10.3. The summed E-state index contributed by atoms with van der Waals surface area (Å²) in [6.45, 7) is 31.9. The number of rotatable bonds is 19. The number of piperidine rings is 1. The molecule has 0 aliphatic carbocycles. The minimum atomic E-state index is -1.63. The monoisotopic (exact) mass is 1330 g/mol. The molecule has 11 amide bonds. The van der Waals surface area contributed by atoms with Crippen LogP contribution in [0, 0.1) is 41.4 Å². The normalized spacial score (nSPS) is 27.9. The fourth-order valence-corrected chi connectivity index (χ4v) is 12.5. The second-order valence-electron chi connectivity index (χ2n) is 28.8. The number of aliphatic hydroxyl groups is 1. The predicted molar refractivity (Wildman–Crippen MR) is 364 cm³/mol. The van der Waals surface area contributed by atoms with E-state index in [-0.39, 0.29) is 49.5 Å². The lowest BCUT2D eigenvalue weighted by Crippen LogP contribution is -2.64. The van der Waals surface area contributed by atoms with Gasteiger partial charge in [0.25, 0.3) is 0 Å². The lowest BCUT2D eigenvalue weighted by molar-refractivity contribution is -0.157. The molecule has 2 fully saturated rings. The molecule has 6 N–H and O–H groups in total. The van der Waals surface area contributed by atoms with Crippen molar-refractivity contribution >= 4 is 65.0 Å². The molecule has 0 aromatic heterocycles. The van der Waals surface area contributed by atoms with Crippen molar-refractivity contribution in [2.24, 2.45) is 41.4 Å². The van der Waals surface area contributed by atoms with Crippen LogP contribution in [-0.2, 0) is 57.5 Å². The summed E-state index contributed by atoms with van der Waals surface area (Å²) in [7, 11) is 10.3. The van der Waals surface area contributed by atoms with Gasteiger partial charge in [-0.3, -0.25) is 52.7 Å². The standard InChI is InChI=1S/C69H124N12O13/c1-25-27-29-45(14)58(82)57-63(87)72-50(26-2)65(89)75(18)48(17)60(84)74-55(44(13)30-28-33-81-34-31-49(94-24)32-35-81)62(86)73-54(42(9)10)68(92)76(19)51(36-39(3)4)61(85)70-46(15)59(83)71-47(16)64(88)77(20)52(37-40(5)6)66(90)78(21)53(38-41(7)8)67(91)79(22)56(43(11)12)69(93)80(57)23/h25,27,39-58,82H,26,28-38H2,1-24H3,(H,70,85)(H,71,83)(H,72,87)(H,73,86)(H,74,84)/b27-25+/t44-,45-,46+,47-,48-,50+,51+,52+,53+,54+,55+,56+,57+,58-/m1/s1. The van der Waals surface area contributed by atoms with Crippen LogP contribution in [0.3, 0.4) is 0 Å². The van der Waals surface area contributed by atoms with Crippen molar-refractivity contribution in [1.82, 2.24) is 60.9 Å². The summed E-state index contributed by atoms with van der Waals surface area (Å²) >= 11 is 0. The Kier molecular flexibility index (Phi) is 34.9. The molecule has 2 saturated heterocycles. The maximum absolute atomic E-state index is 15.3. The SMILES string of the molecule is C/C=C/C[C@@H](C)[C@@H](O)[C@H]1C(=O)N[C@@H](CC)C(=O)N(C)[C@H](C)C(=O)N[C@@H]([C@H](C)CCCN2CCC(OC)CC2)C(=O)N[C@@H](C(C)C)C(=O)N(C)[C@@H](CC(C)C)C(=O)N[C@@H](C)C(=O)N[C@H](C)C(=O)N(C)[C@@H](CC(C)C)C(=O)N(C)[C@@H](CC(C)C)C(=O)N(C)[C@@H](C(C)C)C(=O)N1C. The third-order valence-electron chi connectivity index (χ3n) is 18.9. The molecule has 0 aromatic rings. The number of hydrogen-bond acceptors (Lipinski definition) is 14. The summed E-state index contributed by atoms with van der Waals surface area (Å²) in [5.41, 5.74) is 0. The molecule has 25 nitrogen and oxygen atoms in total. The van der Waals surface area contributed by atoms with Gasteiger partial charge in [-0.15, -0.1) is 0 Å². The van der Waals surface area contributed by atoms with Crippen molar-refractivity contribution in [2.45, 2.75) is 254 Å². The van der Waals surface area contributed by atoms with Gasteiger partial charge in [0.2, 0.25) is 65.0 Å². The first kappa shape index (κ1) is 83.9. The van der Waals surface area contributed by atoms with Gasteiger partial charge in [-0.05, 0) is 133 Å². The minimum absolute atomic E-state index is 0.00614. The molecule has 2 aliphatic rings. The quantitative estimate of drug-likeness (QED) is 0.100. The van der Waals surface area contributed by atoms with Gasteiger partial charge in [0.05, 0.1) is 12.2 Å². The largest absolute Gasteiger partial charge is 0.390 e. The van der Waals surface area contributed by atoms with E-state index in [1.165, 1.54) is 82.7 Å². The van der Waals surface area contributed by atoms with Crippen LogP contribution < -0.4 is 26.6 Å². The number of hydrogen-bond donors (Lipinski definition) is 6. The van der Waals surface area contributed by atoms with Crippen LogP contribution >= 0.6 is 0 Å². The van der Waals surface area contributed by atoms with Crippen molar-refractivity contribution in [3.63, 3.8) is 0 Å². The minimum Gasteiger partial charge on any atom is -0.390 e. The third-order valence-corrected chi connectivity index (χ3v) is 18.9. The average Bonchev–Trinajstić information content (AvgIpc) is 0.807. The first-order valence-corrected chi connectivity index (χ1v) is 34.4. The zero-order chi connectivity index (χ0) is 72.1. The Morgan fingerprint density at radius 1 is 0.511 bits per heavy atom. The van der Waals surface area contributed by atoms with Crippen molar-refractivity contribution in [3.05, 3.63) is 12.2 Å². The maximum atomic E-state index is 15.3. The van der Waals surface area contributed by atoms with Gasteiger partial charge in [-0.25, -0.2) is 0 Å². The number of carbonyl (C=O) groups is 11. The second-order valence-corrected chi connectivity index (χ2v) is 28.8. The fraction of sp³-hybridized carbons (Fsp3) is 0.812. The lowest BCUT2D eigenvalue weighted by Gasteiger charge is -2.41. The molecular weight excluding hydrogens is 1200 g/mol. The van der Waals surface area contributed by atoms with Crippen LogP contribution in [0.5, 0.6) is 0 Å². The number of ether oxygens (including phenoxy) is 1. The molecule has 0 aromatic carbocycles. The van der Waals surface area contributed by atoms with Crippen molar-refractivity contribution in [2.75, 3.05) is 69.0 Å². The molecule has 25 heteroatoms. The van der Waals surface area contributed by atoms with Crippen molar-refractivity contribution in [1.29, 1.82) is 0 Å². The van der Waals surface area contributed by atoms with E-state index in [4.69, 9.17) is 4.74 Å². The molecule has 0 spiro atoms. The van der Waals surface area contributed by atoms with Gasteiger partial charge in [-0.2, -0.15) is 0 Å². The zero-order valence-electron chi connectivity index (χ0n) is 61.7. The number of nitrogens with zero attached hydrogens (tertiary/aromatic N) is 7. The van der Waals surface area contributed by atoms with E-state index in [0.717, 1.165) is 42.3 Å². The molecule has 538 valence electrons. The van der Waals surface area contributed by atoms with Gasteiger partial charge in [0.1, 0.15) is 66.5 Å². The Bertz CT molecular complexity index is 2560. The summed E-state index contributed by atoms with van der Waals surface area (Å²) in [4.78, 5) is 172. The summed E-state index contributed by atoms with van der Waals surface area (Å²) < 4.78 is 5.58. The highest BCUT2D eigenvalue weighted by Gasteiger charge is 2.46. The molecule has 2 heterocycles. The van der Waals surface area contributed by atoms with E-state index >= 15 is 19.2 Å². The molecule has 0 radical (unpaired) electrons. The van der Waals surface area contributed by atoms with E-state index in [9.17, 15) is 38.7 Å². The van der Waals surface area contributed by atoms with E-state index in [0.29, 0.717) is 19.3 Å². The van der Waals surface area contributed by atoms with E-state index in [1.54, 1.807) is 61.7 Å². The Morgan fingerprint density at radius 2 is 0.989 bits per heavy atom. The van der Waals surface area contributed by atoms with Crippen molar-refractivity contribution in [3.8, 4) is 0 Å². The number of nitrogens with one attached hydrogen (secondary N) is 5. The molecule has 2 rings (SSSR count). The number of allylic oxidation sites excluding steroid dienone is 2. The third kappa shape index (κ3) is 23.6. The van der Waals surface area contributed by atoms with Gasteiger partial charge >= 0.3 is 0 Å². The molecule has 2 aliphatic heterocycles. The highest BCUT2D eigenvalue weighted by atomic mass is 16.5. The number of likely N-dealkylation sites (N-methyl/N-ethyl adjacent to an activating group) is 6. The predicted octanol–water partition coefficient (Wildman–Crippen LogP) is 3.80. The lowest BCUT2D eigenvalue weighted by atomic mass is 9.91. The van der Waals surface area contributed by atoms with Gasteiger partial charge in [0.15, 0.2) is 0 Å². The Hall–Kier alpha value is -6.21. The highest BCUT2D eigenvalue weighted by molar-refractivity contribution is 6.00. The van der Waals surface area contributed by atoms with E-state index in [1.807, 2.05) is 54.5 Å². The molecule has 0 saturated carbocycles. The number of aliphatic hydroxyl groups excluding tert-OH is 1. The number of methoxy groups -OCH3 is 1. The smallest absolute Gasteiger partial charge is 0.246 e. The molecule has 0 bridgehead atoms. The summed E-state index contributed by atoms with van der Waals surface area (Å²) in [6, 6.07) is -13.8. The number of likely N-dealkylation sites (tertiary alicyclic amines) is 1. The summed E-state index contributed by atoms with van der Waals surface area (Å²) in [6.07, 6.45) is 5.90. The van der Waals surface area contributed by atoms with Crippen LogP contribution in [-0.4, -0.2) is 252 Å². The second kappa shape index (κ2) is 39.1. The topological polar surface area (TPSA) is 300 Å². The maximum Gasteiger partial charge on any atom is 0.246 e. The Morgan fingerprint density at radius 3 is 1.48 bits per heavy atom. The number of carbonyl (C=O) groups excluding carboxylic acids is 11. The van der Waals surface area contributed by atoms with E-state index < -0.39 is 161 Å². The highest BCUT2D eigenvalue weighted by Crippen LogP contribution is 2.26. The molecule has 94 heavy (non-hydrogen) atoms. The van der Waals surface area contributed by atoms with Gasteiger partial charge < -0.3 is 70.7 Å². The number of amides is 11. The zero-order valence-corrected chi connectivity index (χ0v) is 61.7. The Labute approximate surface area is 563 Å². The average molecular weight is 1330 g/mol. The van der Waals surface area contributed by atoms with Gasteiger partial charge in [0, 0.05) is 62.5 Å². The fourth-order valence-electron chi connectivity index (χ4n) is 12.5. The molecular formula is C69H124N12O13. The van der Waals surface area contributed by atoms with Crippen molar-refractivity contribution < 1.29 is 62.6 Å². The van der Waals surface area contributed by atoms with E-state index in [2.05, 4.69) is 31.5 Å². The summed E-state index contributed by atoms with van der Waals surface area (Å²) in [5, 5.41) is 26.3. The molecule has 14 atom stereocenters. The van der Waals surface area contributed by atoms with Gasteiger partial charge in [-0.1, -0.05) is 102 Å². The first-order chi connectivity index (χ1) is 43.7. The molecule has 0 unspecified atom stereocenters. The van der Waals surface area contributed by atoms with Crippen LogP contribution in [0.25, 0.3) is 0 Å². The Balaban J connectivity index is 2.99. The van der Waals surface area contributed by atoms with Crippen LogP contribution in [0.4, 0.5) is 0 Å². The van der Waals surface area contributed by atoms with Crippen LogP contribution in [0.2, 0.25) is 0 Å². The van der Waals surface area contributed by atoms with Crippen LogP contribution in [0.15, 0.2) is 12.2 Å². The van der Waals surface area contributed by atoms with Crippen LogP contribution in [0.1, 0.15) is 175 Å².